The van der Waals surface area contributed by atoms with Crippen LogP contribution in [0.25, 0.3) is 6.08 Å². The van der Waals surface area contributed by atoms with E-state index < -0.39 is 0 Å². The second kappa shape index (κ2) is 5.15. The topological polar surface area (TPSA) is 0 Å². The van der Waals surface area contributed by atoms with E-state index in [9.17, 15) is 0 Å². The number of benzene rings is 1. The molecule has 0 heterocycles. The summed E-state index contributed by atoms with van der Waals surface area (Å²) in [5, 5.41) is 0.971. The molecule has 1 heteroatoms. The summed E-state index contributed by atoms with van der Waals surface area (Å²) >= 11 is 3.47. The van der Waals surface area contributed by atoms with Crippen LogP contribution in [-0.4, -0.2) is 5.33 Å². The highest BCUT2D eigenvalue weighted by molar-refractivity contribution is 9.09. The van der Waals surface area contributed by atoms with Crippen LogP contribution in [0.4, 0.5) is 0 Å². The van der Waals surface area contributed by atoms with E-state index in [2.05, 4.69) is 53.2 Å². The Bertz CT molecular complexity index is 243. The molecule has 0 radical (unpaired) electrons. The summed E-state index contributed by atoms with van der Waals surface area (Å²) in [6.45, 7) is 2.18. The van der Waals surface area contributed by atoms with Crippen molar-refractivity contribution in [3.05, 3.63) is 41.5 Å². The molecule has 0 amide bonds. The first-order chi connectivity index (χ1) is 5.86. The third-order valence-corrected chi connectivity index (χ3v) is 2.52. The van der Waals surface area contributed by atoms with Gasteiger partial charge < -0.3 is 0 Å². The Balaban J connectivity index is 2.79. The SMILES string of the molecule is CC/C(=C/c1ccccc1)CBr. The van der Waals surface area contributed by atoms with Crippen molar-refractivity contribution in [2.24, 2.45) is 0 Å². The number of rotatable bonds is 3. The maximum atomic E-state index is 3.47. The first-order valence-corrected chi connectivity index (χ1v) is 5.29. The van der Waals surface area contributed by atoms with Gasteiger partial charge in [0.15, 0.2) is 0 Å². The Kier molecular flexibility index (Phi) is 4.09. The number of allylic oxidation sites excluding steroid dienone is 1. The number of hydrogen-bond acceptors (Lipinski definition) is 0. The highest BCUT2D eigenvalue weighted by Gasteiger charge is 1.91. The smallest absolute Gasteiger partial charge is 0.0245 e. The van der Waals surface area contributed by atoms with Crippen LogP contribution in [0, 0.1) is 0 Å². The van der Waals surface area contributed by atoms with Gasteiger partial charge in [0.2, 0.25) is 0 Å². The molecule has 0 unspecified atom stereocenters. The molecule has 0 aliphatic heterocycles. The van der Waals surface area contributed by atoms with Gasteiger partial charge in [0.1, 0.15) is 0 Å². The van der Waals surface area contributed by atoms with E-state index in [1.165, 1.54) is 11.1 Å². The average Bonchev–Trinajstić information content (AvgIpc) is 2.16. The standard InChI is InChI=1S/C11H13Br/c1-2-10(9-12)8-11-6-4-3-5-7-11/h3-8H,2,9H2,1H3/b10-8-. The Morgan fingerprint density at radius 1 is 1.33 bits per heavy atom. The zero-order valence-electron chi connectivity index (χ0n) is 7.26. The molecular formula is C11H13Br. The average molecular weight is 225 g/mol. The largest absolute Gasteiger partial charge is 0.0880 e. The minimum absolute atomic E-state index is 0.971. The fraction of sp³-hybridized carbons (Fsp3) is 0.273. The highest BCUT2D eigenvalue weighted by Crippen LogP contribution is 2.11. The van der Waals surface area contributed by atoms with Gasteiger partial charge in [0, 0.05) is 5.33 Å². The molecule has 0 fully saturated rings. The van der Waals surface area contributed by atoms with Crippen molar-refractivity contribution in [3.63, 3.8) is 0 Å². The zero-order valence-corrected chi connectivity index (χ0v) is 8.84. The van der Waals surface area contributed by atoms with Gasteiger partial charge in [0.05, 0.1) is 0 Å². The minimum Gasteiger partial charge on any atom is -0.0880 e. The first kappa shape index (κ1) is 9.53. The molecule has 0 bridgehead atoms. The summed E-state index contributed by atoms with van der Waals surface area (Å²) in [5.41, 5.74) is 2.72. The Hall–Kier alpha value is -0.560. The van der Waals surface area contributed by atoms with Crippen LogP contribution in [-0.2, 0) is 0 Å². The quantitative estimate of drug-likeness (QED) is 0.685. The van der Waals surface area contributed by atoms with Crippen molar-refractivity contribution in [2.75, 3.05) is 5.33 Å². The summed E-state index contributed by atoms with van der Waals surface area (Å²) < 4.78 is 0. The molecule has 0 atom stereocenters. The summed E-state index contributed by atoms with van der Waals surface area (Å²) in [6, 6.07) is 10.4. The molecule has 0 aliphatic carbocycles. The van der Waals surface area contributed by atoms with E-state index in [1.54, 1.807) is 0 Å². The van der Waals surface area contributed by atoms with E-state index in [0.717, 1.165) is 11.8 Å². The predicted octanol–water partition coefficient (Wildman–Crippen LogP) is 3.87. The lowest BCUT2D eigenvalue weighted by Crippen LogP contribution is -1.81. The van der Waals surface area contributed by atoms with Crippen LogP contribution >= 0.6 is 15.9 Å². The lowest BCUT2D eigenvalue weighted by molar-refractivity contribution is 1.12. The van der Waals surface area contributed by atoms with Gasteiger partial charge in [0.25, 0.3) is 0 Å². The number of halogens is 1. The molecular weight excluding hydrogens is 212 g/mol. The van der Waals surface area contributed by atoms with E-state index in [4.69, 9.17) is 0 Å². The highest BCUT2D eigenvalue weighted by atomic mass is 79.9. The molecule has 12 heavy (non-hydrogen) atoms. The van der Waals surface area contributed by atoms with E-state index >= 15 is 0 Å². The maximum absolute atomic E-state index is 3.47. The molecule has 1 aromatic carbocycles. The Morgan fingerprint density at radius 2 is 2.00 bits per heavy atom. The Labute approximate surface area is 82.4 Å². The molecule has 0 saturated heterocycles. The fourth-order valence-electron chi connectivity index (χ4n) is 1.02. The minimum atomic E-state index is 0.971. The second-order valence-corrected chi connectivity index (χ2v) is 3.26. The molecule has 64 valence electrons. The normalized spacial score (nSPS) is 11.7. The van der Waals surface area contributed by atoms with Gasteiger partial charge in [-0.05, 0) is 12.0 Å². The van der Waals surface area contributed by atoms with Crippen molar-refractivity contribution in [3.8, 4) is 0 Å². The Morgan fingerprint density at radius 3 is 2.50 bits per heavy atom. The monoisotopic (exact) mass is 224 g/mol. The van der Waals surface area contributed by atoms with Crippen LogP contribution in [0.1, 0.15) is 18.9 Å². The van der Waals surface area contributed by atoms with Crippen molar-refractivity contribution in [1.29, 1.82) is 0 Å². The van der Waals surface area contributed by atoms with E-state index in [0.29, 0.717) is 0 Å². The first-order valence-electron chi connectivity index (χ1n) is 4.17. The van der Waals surface area contributed by atoms with Crippen LogP contribution in [0.2, 0.25) is 0 Å². The van der Waals surface area contributed by atoms with Gasteiger partial charge in [-0.1, -0.05) is 64.8 Å². The van der Waals surface area contributed by atoms with E-state index in [1.807, 2.05) is 6.07 Å². The summed E-state index contributed by atoms with van der Waals surface area (Å²) in [4.78, 5) is 0. The van der Waals surface area contributed by atoms with Gasteiger partial charge in [-0.25, -0.2) is 0 Å². The molecule has 0 aromatic heterocycles. The van der Waals surface area contributed by atoms with Crippen molar-refractivity contribution < 1.29 is 0 Å². The molecule has 0 nitrogen and oxygen atoms in total. The summed E-state index contributed by atoms with van der Waals surface area (Å²) in [6.07, 6.45) is 3.34. The summed E-state index contributed by atoms with van der Waals surface area (Å²) in [5.74, 6) is 0. The van der Waals surface area contributed by atoms with Gasteiger partial charge >= 0.3 is 0 Å². The third kappa shape index (κ3) is 2.82. The predicted molar refractivity (Wildman–Crippen MR) is 58.5 cm³/mol. The summed E-state index contributed by atoms with van der Waals surface area (Å²) in [7, 11) is 0. The van der Waals surface area contributed by atoms with Gasteiger partial charge in [-0.2, -0.15) is 0 Å². The zero-order chi connectivity index (χ0) is 8.81. The number of hydrogen-bond donors (Lipinski definition) is 0. The lowest BCUT2D eigenvalue weighted by atomic mass is 10.1. The van der Waals surface area contributed by atoms with Crippen LogP contribution in [0.5, 0.6) is 0 Å². The molecule has 1 rings (SSSR count). The van der Waals surface area contributed by atoms with Crippen LogP contribution in [0.3, 0.4) is 0 Å². The molecule has 0 N–H and O–H groups in total. The van der Waals surface area contributed by atoms with E-state index in [-0.39, 0.29) is 0 Å². The van der Waals surface area contributed by atoms with Crippen molar-refractivity contribution in [1.82, 2.24) is 0 Å². The fourth-order valence-corrected chi connectivity index (χ4v) is 1.58. The maximum Gasteiger partial charge on any atom is 0.0245 e. The molecule has 0 spiro atoms. The third-order valence-electron chi connectivity index (χ3n) is 1.80. The van der Waals surface area contributed by atoms with Crippen LogP contribution < -0.4 is 0 Å². The lowest BCUT2D eigenvalue weighted by Gasteiger charge is -1.98. The molecule has 0 saturated carbocycles. The van der Waals surface area contributed by atoms with Gasteiger partial charge in [-0.3, -0.25) is 0 Å². The van der Waals surface area contributed by atoms with Crippen molar-refractivity contribution in [2.45, 2.75) is 13.3 Å². The van der Waals surface area contributed by atoms with Gasteiger partial charge in [-0.15, -0.1) is 0 Å². The number of alkyl halides is 1. The second-order valence-electron chi connectivity index (χ2n) is 2.70. The van der Waals surface area contributed by atoms with Crippen molar-refractivity contribution >= 4 is 22.0 Å². The molecule has 1 aromatic rings. The van der Waals surface area contributed by atoms with Crippen LogP contribution in [0.15, 0.2) is 35.9 Å². The molecule has 0 aliphatic rings.